The molecule has 2 nitrogen and oxygen atoms in total. The molecule has 1 aliphatic rings. The predicted molar refractivity (Wildman–Crippen MR) is 51.4 cm³/mol. The summed E-state index contributed by atoms with van der Waals surface area (Å²) in [7, 11) is 0. The third-order valence-corrected chi connectivity index (χ3v) is 2.29. The zero-order valence-corrected chi connectivity index (χ0v) is 8.38. The zero-order valence-electron chi connectivity index (χ0n) is 8.38. The molecule has 1 saturated carbocycles. The van der Waals surface area contributed by atoms with E-state index in [2.05, 4.69) is 11.8 Å². The normalized spacial score (nSPS) is 15.4. The molecule has 1 aromatic rings. The van der Waals surface area contributed by atoms with Crippen LogP contribution in [-0.4, -0.2) is 0 Å². The van der Waals surface area contributed by atoms with Crippen LogP contribution in [0.4, 0.5) is 13.2 Å². The summed E-state index contributed by atoms with van der Waals surface area (Å²) in [4.78, 5) is 0. The molecule has 16 heavy (non-hydrogen) atoms. The highest BCUT2D eigenvalue weighted by Gasteiger charge is 2.33. The van der Waals surface area contributed by atoms with E-state index in [9.17, 15) is 13.2 Å². The van der Waals surface area contributed by atoms with Crippen molar-refractivity contribution in [2.75, 3.05) is 5.84 Å². The molecule has 0 aromatic carbocycles. The number of nitrogens with zero attached hydrogens (tertiary/aromatic N) is 1. The van der Waals surface area contributed by atoms with E-state index in [0.717, 1.165) is 29.8 Å². The SMILES string of the molecule is N[n+]1cc(C(F)(F)F)ccc1C#CC1CC1. The quantitative estimate of drug-likeness (QED) is 0.406. The van der Waals surface area contributed by atoms with E-state index in [1.165, 1.54) is 6.07 Å². The Hall–Kier alpha value is -1.70. The fraction of sp³-hybridized carbons (Fsp3) is 0.364. The lowest BCUT2D eigenvalue weighted by molar-refractivity contribution is -0.642. The molecule has 0 bridgehead atoms. The molecule has 5 heteroatoms. The highest BCUT2D eigenvalue weighted by molar-refractivity contribution is 5.27. The van der Waals surface area contributed by atoms with Gasteiger partial charge in [-0.3, -0.25) is 0 Å². The highest BCUT2D eigenvalue weighted by Crippen LogP contribution is 2.28. The second-order valence-electron chi connectivity index (χ2n) is 3.75. The monoisotopic (exact) mass is 227 g/mol. The largest absolute Gasteiger partial charge is 0.422 e. The molecule has 0 aliphatic heterocycles. The first-order valence-corrected chi connectivity index (χ1v) is 4.86. The third-order valence-electron chi connectivity index (χ3n) is 2.29. The van der Waals surface area contributed by atoms with Gasteiger partial charge in [-0.2, -0.15) is 13.2 Å². The molecule has 1 heterocycles. The van der Waals surface area contributed by atoms with E-state index in [4.69, 9.17) is 5.84 Å². The summed E-state index contributed by atoms with van der Waals surface area (Å²) in [6.45, 7) is 0. The van der Waals surface area contributed by atoms with Crippen molar-refractivity contribution in [2.24, 2.45) is 5.92 Å². The van der Waals surface area contributed by atoms with Crippen LogP contribution < -0.4 is 10.5 Å². The Kier molecular flexibility index (Phi) is 2.50. The Bertz CT molecular complexity index is 464. The maximum absolute atomic E-state index is 12.3. The lowest BCUT2D eigenvalue weighted by Crippen LogP contribution is -2.48. The summed E-state index contributed by atoms with van der Waals surface area (Å²) < 4.78 is 37.9. The van der Waals surface area contributed by atoms with Crippen molar-refractivity contribution < 1.29 is 17.8 Å². The van der Waals surface area contributed by atoms with Crippen molar-refractivity contribution in [3.8, 4) is 11.8 Å². The van der Waals surface area contributed by atoms with Crippen molar-refractivity contribution in [3.05, 3.63) is 29.6 Å². The summed E-state index contributed by atoms with van der Waals surface area (Å²) in [6, 6.07) is 2.28. The van der Waals surface area contributed by atoms with Crippen molar-refractivity contribution in [1.29, 1.82) is 0 Å². The molecular formula is C11H10F3N2+. The maximum atomic E-state index is 12.3. The van der Waals surface area contributed by atoms with E-state index in [-0.39, 0.29) is 0 Å². The zero-order chi connectivity index (χ0) is 11.8. The molecule has 1 aromatic heterocycles. The van der Waals surface area contributed by atoms with Crippen LogP contribution in [-0.2, 0) is 6.18 Å². The molecule has 0 spiro atoms. The average molecular weight is 227 g/mol. The molecular weight excluding hydrogens is 217 g/mol. The molecule has 84 valence electrons. The van der Waals surface area contributed by atoms with Gasteiger partial charge in [0.15, 0.2) is 0 Å². The fourth-order valence-electron chi connectivity index (χ4n) is 1.19. The molecule has 1 fully saturated rings. The van der Waals surface area contributed by atoms with Gasteiger partial charge < -0.3 is 0 Å². The van der Waals surface area contributed by atoms with Gasteiger partial charge in [0.05, 0.1) is 0 Å². The highest BCUT2D eigenvalue weighted by atomic mass is 19.4. The van der Waals surface area contributed by atoms with Crippen LogP contribution in [0.1, 0.15) is 24.1 Å². The Morgan fingerprint density at radius 1 is 1.31 bits per heavy atom. The summed E-state index contributed by atoms with van der Waals surface area (Å²) in [5.74, 6) is 11.5. The van der Waals surface area contributed by atoms with Crippen molar-refractivity contribution in [2.45, 2.75) is 19.0 Å². The van der Waals surface area contributed by atoms with Gasteiger partial charge in [-0.15, -0.1) is 0 Å². The van der Waals surface area contributed by atoms with E-state index in [1.807, 2.05) is 0 Å². The lowest BCUT2D eigenvalue weighted by atomic mass is 10.2. The molecule has 0 atom stereocenters. The van der Waals surface area contributed by atoms with E-state index in [1.54, 1.807) is 0 Å². The minimum absolute atomic E-state index is 0.389. The number of nitrogens with two attached hydrogens (primary N) is 1. The number of hydrogen-bond donors (Lipinski definition) is 1. The van der Waals surface area contributed by atoms with E-state index in [0.29, 0.717) is 11.6 Å². The number of hydrogen-bond acceptors (Lipinski definition) is 1. The van der Waals surface area contributed by atoms with Gasteiger partial charge in [-0.05, 0) is 18.9 Å². The van der Waals surface area contributed by atoms with Gasteiger partial charge >= 0.3 is 6.18 Å². The summed E-state index contributed by atoms with van der Waals surface area (Å²) in [6.07, 6.45) is -1.39. The molecule has 1 aliphatic carbocycles. The lowest BCUT2D eigenvalue weighted by Gasteiger charge is -2.03. The minimum atomic E-state index is -4.37. The first-order valence-electron chi connectivity index (χ1n) is 4.86. The summed E-state index contributed by atoms with van der Waals surface area (Å²) in [5.41, 5.74) is -0.383. The molecule has 0 amide bonds. The number of halogens is 3. The topological polar surface area (TPSA) is 29.9 Å². The predicted octanol–water partition coefficient (Wildman–Crippen LogP) is 1.47. The van der Waals surface area contributed by atoms with Crippen molar-refractivity contribution in [3.63, 3.8) is 0 Å². The van der Waals surface area contributed by atoms with Crippen LogP contribution in [0.5, 0.6) is 0 Å². The fourth-order valence-corrected chi connectivity index (χ4v) is 1.19. The van der Waals surface area contributed by atoms with Crippen LogP contribution in [0.2, 0.25) is 0 Å². The second kappa shape index (κ2) is 3.71. The van der Waals surface area contributed by atoms with Crippen LogP contribution in [0, 0.1) is 17.8 Å². The van der Waals surface area contributed by atoms with Gasteiger partial charge in [0.25, 0.3) is 5.69 Å². The van der Waals surface area contributed by atoms with Gasteiger partial charge in [0, 0.05) is 17.9 Å². The molecule has 0 saturated heterocycles. The van der Waals surface area contributed by atoms with Crippen molar-refractivity contribution >= 4 is 0 Å². The van der Waals surface area contributed by atoms with Crippen molar-refractivity contribution in [1.82, 2.24) is 0 Å². The Balaban J connectivity index is 2.26. The van der Waals surface area contributed by atoms with Gasteiger partial charge in [0.1, 0.15) is 5.56 Å². The Labute approximate surface area is 90.9 Å². The minimum Gasteiger partial charge on any atom is -0.204 e. The van der Waals surface area contributed by atoms with E-state index >= 15 is 0 Å². The number of alkyl halides is 3. The van der Waals surface area contributed by atoms with Crippen LogP contribution in [0.15, 0.2) is 18.3 Å². The smallest absolute Gasteiger partial charge is 0.204 e. The summed E-state index contributed by atoms with van der Waals surface area (Å²) in [5, 5.41) is 0. The Morgan fingerprint density at radius 2 is 2.00 bits per heavy atom. The Morgan fingerprint density at radius 3 is 2.50 bits per heavy atom. The number of aromatic nitrogens is 1. The van der Waals surface area contributed by atoms with Gasteiger partial charge in [-0.1, -0.05) is 10.6 Å². The molecule has 0 unspecified atom stereocenters. The first kappa shape index (κ1) is 10.8. The molecule has 0 radical (unpaired) electrons. The molecule has 2 N–H and O–H groups in total. The molecule has 2 rings (SSSR count). The second-order valence-corrected chi connectivity index (χ2v) is 3.75. The summed E-state index contributed by atoms with van der Waals surface area (Å²) >= 11 is 0. The number of pyridine rings is 1. The number of rotatable bonds is 0. The van der Waals surface area contributed by atoms with Crippen LogP contribution >= 0.6 is 0 Å². The van der Waals surface area contributed by atoms with Gasteiger partial charge in [-0.25, -0.2) is 5.84 Å². The maximum Gasteiger partial charge on any atom is 0.422 e. The van der Waals surface area contributed by atoms with Gasteiger partial charge in [0.2, 0.25) is 6.20 Å². The average Bonchev–Trinajstić information content (AvgIpc) is 2.98. The van der Waals surface area contributed by atoms with Crippen LogP contribution in [0.3, 0.4) is 0 Å². The first-order chi connectivity index (χ1) is 7.47. The van der Waals surface area contributed by atoms with E-state index < -0.39 is 11.7 Å². The third kappa shape index (κ3) is 2.45. The number of nitrogen functional groups attached to an aromatic ring is 1. The standard InChI is InChI=1S/C11H10F3N2/c12-11(13,14)9-4-6-10(16(15)7-9)5-3-8-1-2-8/h4,6-8H,1-2,15H2/q+1. The van der Waals surface area contributed by atoms with Crippen LogP contribution in [0.25, 0.3) is 0 Å².